The largest absolute Gasteiger partial charge is 0.337 e. The maximum Gasteiger partial charge on any atom is 0.244 e. The van der Waals surface area contributed by atoms with Gasteiger partial charge in [-0.3, -0.25) is 4.79 Å². The molecule has 2 aromatic rings. The summed E-state index contributed by atoms with van der Waals surface area (Å²) in [5.74, 6) is -0.403. The molecule has 5 nitrogen and oxygen atoms in total. The Hall–Kier alpha value is -1.70. The minimum absolute atomic E-state index is 0.142. The Morgan fingerprint density at radius 3 is 1.86 bits per heavy atom. The summed E-state index contributed by atoms with van der Waals surface area (Å²) in [4.78, 5) is 17.1. The van der Waals surface area contributed by atoms with E-state index < -0.39 is 20.5 Å². The Balaban J connectivity index is 2.23. The van der Waals surface area contributed by atoms with Gasteiger partial charge in [0.15, 0.2) is 9.84 Å². The number of carbonyl (C=O) groups excluding carboxylic acids is 1. The smallest absolute Gasteiger partial charge is 0.244 e. The summed E-state index contributed by atoms with van der Waals surface area (Å²) in [6.07, 6.45) is 0. The van der Waals surface area contributed by atoms with Crippen molar-refractivity contribution in [1.29, 1.82) is 0 Å². The van der Waals surface area contributed by atoms with Crippen LogP contribution in [0.4, 0.5) is 0 Å². The van der Waals surface area contributed by atoms with Crippen LogP contribution in [-0.4, -0.2) is 49.5 Å². The van der Waals surface area contributed by atoms with Crippen molar-refractivity contribution < 1.29 is 13.2 Å². The number of carbonyl (C=O) groups is 1. The van der Waals surface area contributed by atoms with Gasteiger partial charge in [-0.1, -0.05) is 40.2 Å². The molecule has 0 saturated heterocycles. The molecule has 2 rings (SSSR count). The molecule has 0 atom stereocenters. The first-order valence-electron chi connectivity index (χ1n) is 9.51. The summed E-state index contributed by atoms with van der Waals surface area (Å²) in [5.41, 5.74) is 2.16. The highest BCUT2D eigenvalue weighted by molar-refractivity contribution is 9.10. The van der Waals surface area contributed by atoms with E-state index in [1.807, 2.05) is 45.3 Å². The first-order chi connectivity index (χ1) is 13.5. The lowest BCUT2D eigenvalue weighted by Gasteiger charge is -2.31. The molecule has 0 bridgehead atoms. The SMILES string of the molecule is CCN(Cc1ccc(CN(C)C)cc1)C(=O)C(C)(C)S(=O)(=O)c1ccc(Br)cc1. The van der Waals surface area contributed by atoms with Crippen LogP contribution in [0.15, 0.2) is 57.9 Å². The van der Waals surface area contributed by atoms with E-state index in [4.69, 9.17) is 0 Å². The van der Waals surface area contributed by atoms with Gasteiger partial charge >= 0.3 is 0 Å². The molecule has 0 heterocycles. The molecule has 1 amide bonds. The van der Waals surface area contributed by atoms with Crippen molar-refractivity contribution in [1.82, 2.24) is 9.80 Å². The lowest BCUT2D eigenvalue weighted by molar-refractivity contribution is -0.133. The minimum atomic E-state index is -3.84. The number of hydrogen-bond acceptors (Lipinski definition) is 4. The van der Waals surface area contributed by atoms with E-state index in [1.54, 1.807) is 17.0 Å². The third kappa shape index (κ3) is 5.47. The van der Waals surface area contributed by atoms with E-state index >= 15 is 0 Å². The van der Waals surface area contributed by atoms with Crippen LogP contribution in [0.3, 0.4) is 0 Å². The van der Waals surface area contributed by atoms with E-state index in [2.05, 4.69) is 20.8 Å². The normalized spacial score (nSPS) is 12.2. The van der Waals surface area contributed by atoms with Crippen LogP contribution in [0.5, 0.6) is 0 Å². The van der Waals surface area contributed by atoms with Crippen molar-refractivity contribution in [3.05, 3.63) is 64.1 Å². The summed E-state index contributed by atoms with van der Waals surface area (Å²) in [6, 6.07) is 14.4. The van der Waals surface area contributed by atoms with Crippen molar-refractivity contribution in [3.63, 3.8) is 0 Å². The quantitative estimate of drug-likeness (QED) is 0.570. The number of hydrogen-bond donors (Lipinski definition) is 0. The van der Waals surface area contributed by atoms with Gasteiger partial charge in [0, 0.05) is 24.1 Å². The van der Waals surface area contributed by atoms with E-state index in [-0.39, 0.29) is 4.90 Å². The zero-order valence-corrected chi connectivity index (χ0v) is 20.0. The molecule has 29 heavy (non-hydrogen) atoms. The molecule has 0 aliphatic heterocycles. The molecular formula is C22H29BrN2O3S. The number of amides is 1. The molecule has 0 unspecified atom stereocenters. The van der Waals surface area contributed by atoms with E-state index in [0.717, 1.165) is 16.6 Å². The van der Waals surface area contributed by atoms with Crippen LogP contribution in [0.2, 0.25) is 0 Å². The topological polar surface area (TPSA) is 57.7 Å². The average molecular weight is 481 g/mol. The molecule has 0 N–H and O–H groups in total. The molecule has 0 saturated carbocycles. The van der Waals surface area contributed by atoms with Crippen LogP contribution in [0.1, 0.15) is 31.9 Å². The molecule has 158 valence electrons. The number of halogens is 1. The fourth-order valence-corrected chi connectivity index (χ4v) is 4.77. The van der Waals surface area contributed by atoms with Crippen LogP contribution in [0.25, 0.3) is 0 Å². The number of sulfone groups is 1. The van der Waals surface area contributed by atoms with Gasteiger partial charge in [-0.25, -0.2) is 8.42 Å². The Kier molecular flexibility index (Phi) is 7.65. The van der Waals surface area contributed by atoms with Gasteiger partial charge in [-0.2, -0.15) is 0 Å². The lowest BCUT2D eigenvalue weighted by atomic mass is 10.1. The Labute approximate surface area is 182 Å². The third-order valence-electron chi connectivity index (χ3n) is 4.87. The standard InChI is InChI=1S/C22H29BrN2O3S/c1-6-25(16-18-9-7-17(8-10-18)15-24(4)5)21(26)22(2,3)29(27,28)20-13-11-19(23)12-14-20/h7-14H,6,15-16H2,1-5H3. The second-order valence-electron chi connectivity index (χ2n) is 7.84. The second kappa shape index (κ2) is 9.41. The van der Waals surface area contributed by atoms with Crippen molar-refractivity contribution in [2.75, 3.05) is 20.6 Å². The first kappa shape index (κ1) is 23.6. The van der Waals surface area contributed by atoms with E-state index in [9.17, 15) is 13.2 Å². The van der Waals surface area contributed by atoms with Gasteiger partial charge in [-0.15, -0.1) is 0 Å². The Morgan fingerprint density at radius 1 is 0.931 bits per heavy atom. The zero-order valence-electron chi connectivity index (χ0n) is 17.6. The highest BCUT2D eigenvalue weighted by atomic mass is 79.9. The van der Waals surface area contributed by atoms with Gasteiger partial charge in [-0.05, 0) is 70.3 Å². The monoisotopic (exact) mass is 480 g/mol. The summed E-state index contributed by atoms with van der Waals surface area (Å²) < 4.78 is 25.5. The van der Waals surface area contributed by atoms with Crippen molar-refractivity contribution in [2.24, 2.45) is 0 Å². The molecular weight excluding hydrogens is 452 g/mol. The van der Waals surface area contributed by atoms with Gasteiger partial charge in [0.25, 0.3) is 0 Å². The third-order valence-corrected chi connectivity index (χ3v) is 7.81. The van der Waals surface area contributed by atoms with Gasteiger partial charge < -0.3 is 9.80 Å². The predicted molar refractivity (Wildman–Crippen MR) is 120 cm³/mol. The van der Waals surface area contributed by atoms with Crippen molar-refractivity contribution in [3.8, 4) is 0 Å². The van der Waals surface area contributed by atoms with Crippen LogP contribution < -0.4 is 0 Å². The maximum absolute atomic E-state index is 13.2. The fraction of sp³-hybridized carbons (Fsp3) is 0.409. The minimum Gasteiger partial charge on any atom is -0.337 e. The van der Waals surface area contributed by atoms with Gasteiger partial charge in [0.05, 0.1) is 4.90 Å². The fourth-order valence-electron chi connectivity index (χ4n) is 3.07. The summed E-state index contributed by atoms with van der Waals surface area (Å²) in [6.45, 7) is 6.47. The van der Waals surface area contributed by atoms with E-state index in [1.165, 1.54) is 31.5 Å². The molecule has 0 aliphatic carbocycles. The van der Waals surface area contributed by atoms with E-state index in [0.29, 0.717) is 13.1 Å². The molecule has 2 aromatic carbocycles. The Bertz CT molecular complexity index is 937. The van der Waals surface area contributed by atoms with Crippen molar-refractivity contribution in [2.45, 2.75) is 43.5 Å². The Morgan fingerprint density at radius 2 is 1.41 bits per heavy atom. The van der Waals surface area contributed by atoms with Gasteiger partial charge in [0.2, 0.25) is 5.91 Å². The molecule has 0 aliphatic rings. The zero-order chi connectivity index (χ0) is 21.8. The van der Waals surface area contributed by atoms with Crippen LogP contribution in [-0.2, 0) is 27.7 Å². The van der Waals surface area contributed by atoms with Crippen molar-refractivity contribution >= 4 is 31.7 Å². The first-order valence-corrected chi connectivity index (χ1v) is 11.8. The number of nitrogens with zero attached hydrogens (tertiary/aromatic N) is 2. The van der Waals surface area contributed by atoms with Crippen LogP contribution >= 0.6 is 15.9 Å². The lowest BCUT2D eigenvalue weighted by Crippen LogP contribution is -2.49. The average Bonchev–Trinajstić information content (AvgIpc) is 2.66. The molecule has 7 heteroatoms. The summed E-state index contributed by atoms with van der Waals surface area (Å²) in [5, 5.41) is 0. The molecule has 0 radical (unpaired) electrons. The number of rotatable bonds is 8. The number of benzene rings is 2. The molecule has 0 fully saturated rings. The highest BCUT2D eigenvalue weighted by Crippen LogP contribution is 2.29. The maximum atomic E-state index is 13.2. The predicted octanol–water partition coefficient (Wildman–Crippen LogP) is 4.11. The second-order valence-corrected chi connectivity index (χ2v) is 11.3. The van der Waals surface area contributed by atoms with Crippen LogP contribution in [0, 0.1) is 0 Å². The summed E-state index contributed by atoms with van der Waals surface area (Å²) >= 11 is 3.31. The molecule has 0 spiro atoms. The molecule has 0 aromatic heterocycles. The highest BCUT2D eigenvalue weighted by Gasteiger charge is 2.44. The summed E-state index contributed by atoms with van der Waals surface area (Å²) in [7, 11) is 0.187. The van der Waals surface area contributed by atoms with Gasteiger partial charge in [0.1, 0.15) is 4.75 Å².